The molecule has 0 aliphatic carbocycles. The number of H-pyrrole nitrogens is 1. The highest BCUT2D eigenvalue weighted by Crippen LogP contribution is 2.19. The number of nitrogens with one attached hydrogen (secondary N) is 1. The van der Waals surface area contributed by atoms with Crippen LogP contribution in [-0.2, 0) is 11.2 Å². The summed E-state index contributed by atoms with van der Waals surface area (Å²) in [6.07, 6.45) is 6.62. The van der Waals surface area contributed by atoms with E-state index in [0.717, 1.165) is 38.3 Å². The van der Waals surface area contributed by atoms with E-state index < -0.39 is 0 Å². The third kappa shape index (κ3) is 2.33. The van der Waals surface area contributed by atoms with E-state index in [1.165, 1.54) is 0 Å². The van der Waals surface area contributed by atoms with Crippen molar-refractivity contribution in [3.8, 4) is 0 Å². The summed E-state index contributed by atoms with van der Waals surface area (Å²) in [7, 11) is 0. The summed E-state index contributed by atoms with van der Waals surface area (Å²) in [5, 5.41) is 0. The van der Waals surface area contributed by atoms with Gasteiger partial charge in [-0.2, -0.15) is 0 Å². The molecule has 1 fully saturated rings. The Labute approximate surface area is 83.9 Å². The van der Waals surface area contributed by atoms with Crippen molar-refractivity contribution in [3.63, 3.8) is 0 Å². The van der Waals surface area contributed by atoms with Gasteiger partial charge in [-0.05, 0) is 18.8 Å². The molecule has 1 aromatic heterocycles. The van der Waals surface area contributed by atoms with Gasteiger partial charge >= 0.3 is 0 Å². The summed E-state index contributed by atoms with van der Waals surface area (Å²) in [4.78, 5) is 7.27. The van der Waals surface area contributed by atoms with Gasteiger partial charge in [-0.25, -0.2) is 4.98 Å². The van der Waals surface area contributed by atoms with E-state index >= 15 is 0 Å². The molecule has 14 heavy (non-hydrogen) atoms. The number of aromatic nitrogens is 2. The van der Waals surface area contributed by atoms with Gasteiger partial charge in [0.2, 0.25) is 0 Å². The Morgan fingerprint density at radius 2 is 2.36 bits per heavy atom. The molecule has 1 aromatic rings. The summed E-state index contributed by atoms with van der Waals surface area (Å²) >= 11 is 0. The van der Waals surface area contributed by atoms with Gasteiger partial charge in [-0.15, -0.1) is 0 Å². The molecule has 4 nitrogen and oxygen atoms in total. The minimum absolute atomic E-state index is 0.213. The Morgan fingerprint density at radius 1 is 1.57 bits per heavy atom. The summed E-state index contributed by atoms with van der Waals surface area (Å²) in [6.45, 7) is 1.72. The van der Waals surface area contributed by atoms with Gasteiger partial charge in [0.1, 0.15) is 5.82 Å². The second-order valence-electron chi connectivity index (χ2n) is 3.85. The average Bonchev–Trinajstić information content (AvgIpc) is 2.72. The molecule has 2 rings (SSSR count). The molecule has 2 heterocycles. The number of aromatic amines is 1. The van der Waals surface area contributed by atoms with Gasteiger partial charge in [0.05, 0.1) is 0 Å². The Hall–Kier alpha value is -0.870. The molecule has 0 bridgehead atoms. The Morgan fingerprint density at radius 3 is 3.00 bits per heavy atom. The number of ether oxygens (including phenoxy) is 1. The predicted octanol–water partition coefficient (Wildman–Crippen LogP) is 0.706. The minimum Gasteiger partial charge on any atom is -0.381 e. The number of rotatable bonds is 3. The van der Waals surface area contributed by atoms with Crippen LogP contribution in [0.15, 0.2) is 12.4 Å². The summed E-state index contributed by atoms with van der Waals surface area (Å²) in [5.74, 6) is 1.58. The first-order valence-corrected chi connectivity index (χ1v) is 5.18. The van der Waals surface area contributed by atoms with Crippen LogP contribution in [0.2, 0.25) is 0 Å². The van der Waals surface area contributed by atoms with E-state index in [0.29, 0.717) is 5.92 Å². The molecule has 0 radical (unpaired) electrons. The van der Waals surface area contributed by atoms with E-state index in [9.17, 15) is 0 Å². The highest BCUT2D eigenvalue weighted by molar-refractivity contribution is 4.92. The number of nitrogens with zero attached hydrogens (tertiary/aromatic N) is 1. The zero-order valence-corrected chi connectivity index (χ0v) is 8.28. The van der Waals surface area contributed by atoms with Gasteiger partial charge in [0.25, 0.3) is 0 Å². The molecule has 1 aliphatic rings. The molecule has 4 heteroatoms. The van der Waals surface area contributed by atoms with Crippen LogP contribution in [0.5, 0.6) is 0 Å². The van der Waals surface area contributed by atoms with Crippen molar-refractivity contribution in [1.82, 2.24) is 9.97 Å². The lowest BCUT2D eigenvalue weighted by Gasteiger charge is -2.27. The lowest BCUT2D eigenvalue weighted by molar-refractivity contribution is 0.0583. The van der Waals surface area contributed by atoms with E-state index in [-0.39, 0.29) is 6.04 Å². The highest BCUT2D eigenvalue weighted by Gasteiger charge is 2.21. The van der Waals surface area contributed by atoms with Crippen LogP contribution in [0.25, 0.3) is 0 Å². The van der Waals surface area contributed by atoms with Crippen LogP contribution in [0.3, 0.4) is 0 Å². The second kappa shape index (κ2) is 4.57. The number of hydrogen-bond acceptors (Lipinski definition) is 3. The van der Waals surface area contributed by atoms with Gasteiger partial charge in [-0.3, -0.25) is 0 Å². The van der Waals surface area contributed by atoms with Crippen molar-refractivity contribution >= 4 is 0 Å². The normalized spacial score (nSPS) is 20.9. The quantitative estimate of drug-likeness (QED) is 0.746. The van der Waals surface area contributed by atoms with E-state index in [4.69, 9.17) is 10.5 Å². The standard InChI is InChI=1S/C10H17N3O/c11-9(7-10-12-3-4-13-10)8-1-5-14-6-2-8/h3-4,8-9H,1-2,5-7,11H2,(H,12,13). The van der Waals surface area contributed by atoms with Gasteiger partial charge in [0.15, 0.2) is 0 Å². The fourth-order valence-corrected chi connectivity index (χ4v) is 1.94. The molecule has 1 unspecified atom stereocenters. The smallest absolute Gasteiger partial charge is 0.107 e. The first-order chi connectivity index (χ1) is 6.86. The first-order valence-electron chi connectivity index (χ1n) is 5.18. The zero-order chi connectivity index (χ0) is 9.80. The van der Waals surface area contributed by atoms with Crippen molar-refractivity contribution in [1.29, 1.82) is 0 Å². The minimum atomic E-state index is 0.213. The molecular weight excluding hydrogens is 178 g/mol. The van der Waals surface area contributed by atoms with Crippen LogP contribution in [-0.4, -0.2) is 29.2 Å². The molecule has 0 spiro atoms. The fraction of sp³-hybridized carbons (Fsp3) is 0.700. The second-order valence-corrected chi connectivity index (χ2v) is 3.85. The van der Waals surface area contributed by atoms with Crippen molar-refractivity contribution in [3.05, 3.63) is 18.2 Å². The third-order valence-corrected chi connectivity index (χ3v) is 2.86. The van der Waals surface area contributed by atoms with Crippen LogP contribution < -0.4 is 5.73 Å². The maximum absolute atomic E-state index is 6.12. The van der Waals surface area contributed by atoms with E-state index in [1.807, 2.05) is 6.20 Å². The number of hydrogen-bond donors (Lipinski definition) is 2. The van der Waals surface area contributed by atoms with E-state index in [1.54, 1.807) is 6.20 Å². The molecule has 78 valence electrons. The Balaban J connectivity index is 1.85. The van der Waals surface area contributed by atoms with Crippen molar-refractivity contribution < 1.29 is 4.74 Å². The van der Waals surface area contributed by atoms with Crippen molar-refractivity contribution in [2.45, 2.75) is 25.3 Å². The zero-order valence-electron chi connectivity index (χ0n) is 8.28. The maximum atomic E-state index is 6.12. The molecule has 0 amide bonds. The van der Waals surface area contributed by atoms with Gasteiger partial charge in [-0.1, -0.05) is 0 Å². The molecule has 0 aromatic carbocycles. The lowest BCUT2D eigenvalue weighted by atomic mass is 9.90. The molecule has 3 N–H and O–H groups in total. The van der Waals surface area contributed by atoms with Crippen LogP contribution in [0.1, 0.15) is 18.7 Å². The molecule has 0 saturated carbocycles. The summed E-state index contributed by atoms with van der Waals surface area (Å²) in [5.41, 5.74) is 6.12. The summed E-state index contributed by atoms with van der Waals surface area (Å²) < 4.78 is 5.31. The first kappa shape index (κ1) is 9.68. The van der Waals surface area contributed by atoms with Crippen LogP contribution in [0, 0.1) is 5.92 Å². The molecular formula is C10H17N3O. The number of nitrogens with two attached hydrogens (primary N) is 1. The van der Waals surface area contributed by atoms with Gasteiger partial charge < -0.3 is 15.5 Å². The van der Waals surface area contributed by atoms with Crippen LogP contribution in [0.4, 0.5) is 0 Å². The molecule has 1 atom stereocenters. The maximum Gasteiger partial charge on any atom is 0.107 e. The number of imidazole rings is 1. The fourth-order valence-electron chi connectivity index (χ4n) is 1.94. The largest absolute Gasteiger partial charge is 0.381 e. The topological polar surface area (TPSA) is 63.9 Å². The monoisotopic (exact) mass is 195 g/mol. The van der Waals surface area contributed by atoms with Crippen LogP contribution >= 0.6 is 0 Å². The van der Waals surface area contributed by atoms with Gasteiger partial charge in [0, 0.05) is 38.1 Å². The average molecular weight is 195 g/mol. The Bertz CT molecular complexity index is 254. The lowest BCUT2D eigenvalue weighted by Crippen LogP contribution is -2.36. The summed E-state index contributed by atoms with van der Waals surface area (Å²) in [6, 6.07) is 0.213. The third-order valence-electron chi connectivity index (χ3n) is 2.86. The van der Waals surface area contributed by atoms with E-state index in [2.05, 4.69) is 9.97 Å². The SMILES string of the molecule is NC(Cc1ncc[nH]1)C1CCOCC1. The van der Waals surface area contributed by atoms with Crippen molar-refractivity contribution in [2.75, 3.05) is 13.2 Å². The highest BCUT2D eigenvalue weighted by atomic mass is 16.5. The molecule has 1 aliphatic heterocycles. The molecule has 1 saturated heterocycles. The Kier molecular flexibility index (Phi) is 3.16. The predicted molar refractivity (Wildman–Crippen MR) is 53.8 cm³/mol. The van der Waals surface area contributed by atoms with Crippen molar-refractivity contribution in [2.24, 2.45) is 11.7 Å².